The normalized spacial score (nSPS) is 10.9. The number of nitrogens with one attached hydrogen (secondary N) is 2. The molecule has 0 saturated heterocycles. The highest BCUT2D eigenvalue weighted by molar-refractivity contribution is 5.69. The van der Waals surface area contributed by atoms with Gasteiger partial charge in [-0.05, 0) is 57.5 Å². The van der Waals surface area contributed by atoms with Gasteiger partial charge in [-0.3, -0.25) is 0 Å². The van der Waals surface area contributed by atoms with Crippen LogP contribution in [0.2, 0.25) is 0 Å². The van der Waals surface area contributed by atoms with Crippen molar-refractivity contribution in [1.29, 1.82) is 0 Å². The summed E-state index contributed by atoms with van der Waals surface area (Å²) in [4.78, 5) is 3.51. The van der Waals surface area contributed by atoms with Crippen LogP contribution in [0.5, 0.6) is 0 Å². The number of aryl methyl sites for hydroxylation is 4. The van der Waals surface area contributed by atoms with Gasteiger partial charge in [0.2, 0.25) is 0 Å². The second kappa shape index (κ2) is 4.99. The van der Waals surface area contributed by atoms with Crippen LogP contribution in [0, 0.1) is 27.7 Å². The van der Waals surface area contributed by atoms with Gasteiger partial charge in [0.05, 0.1) is 0 Å². The van der Waals surface area contributed by atoms with E-state index >= 15 is 0 Å². The summed E-state index contributed by atoms with van der Waals surface area (Å²) < 4.78 is 0. The third-order valence-corrected chi connectivity index (χ3v) is 3.44. The fourth-order valence-corrected chi connectivity index (χ4v) is 2.71. The first-order chi connectivity index (χ1) is 8.52. The number of benzene rings is 1. The third kappa shape index (κ3) is 2.34. The maximum Gasteiger partial charge on any atom is 0.0464 e. The van der Waals surface area contributed by atoms with E-state index in [1.54, 1.807) is 0 Å². The van der Waals surface area contributed by atoms with E-state index in [-0.39, 0.29) is 0 Å². The van der Waals surface area contributed by atoms with Gasteiger partial charge in [-0.1, -0.05) is 17.7 Å². The molecule has 0 aliphatic carbocycles. The molecule has 2 aromatic rings. The van der Waals surface area contributed by atoms with E-state index in [1.165, 1.54) is 39.2 Å². The van der Waals surface area contributed by atoms with E-state index in [0.29, 0.717) is 0 Å². The molecule has 0 fully saturated rings. The lowest BCUT2D eigenvalue weighted by atomic mass is 9.97. The molecule has 2 nitrogen and oxygen atoms in total. The Balaban J connectivity index is 2.52. The molecule has 0 spiro atoms. The molecular formula is C16H22N2. The number of H-pyrrole nitrogens is 1. The molecular weight excluding hydrogens is 220 g/mol. The van der Waals surface area contributed by atoms with Crippen LogP contribution >= 0.6 is 0 Å². The van der Waals surface area contributed by atoms with Gasteiger partial charge < -0.3 is 10.3 Å². The minimum atomic E-state index is 0.909. The molecule has 1 heterocycles. The first kappa shape index (κ1) is 12.9. The van der Waals surface area contributed by atoms with Crippen LogP contribution in [0.15, 0.2) is 18.2 Å². The summed E-state index contributed by atoms with van der Waals surface area (Å²) in [5.74, 6) is 0. The van der Waals surface area contributed by atoms with Gasteiger partial charge in [0, 0.05) is 23.5 Å². The minimum absolute atomic E-state index is 0.909. The van der Waals surface area contributed by atoms with Gasteiger partial charge in [0.25, 0.3) is 0 Å². The summed E-state index contributed by atoms with van der Waals surface area (Å²) in [6.07, 6.45) is 0. The number of hydrogen-bond acceptors (Lipinski definition) is 1. The topological polar surface area (TPSA) is 27.8 Å². The summed E-state index contributed by atoms with van der Waals surface area (Å²) in [6.45, 7) is 9.56. The Morgan fingerprint density at radius 2 is 1.61 bits per heavy atom. The fourth-order valence-electron chi connectivity index (χ4n) is 2.71. The van der Waals surface area contributed by atoms with Gasteiger partial charge in [0.1, 0.15) is 0 Å². The molecule has 2 rings (SSSR count). The lowest BCUT2D eigenvalue weighted by molar-refractivity contribution is 0.812. The number of aromatic nitrogens is 1. The third-order valence-electron chi connectivity index (χ3n) is 3.44. The summed E-state index contributed by atoms with van der Waals surface area (Å²) >= 11 is 0. The highest BCUT2D eigenvalue weighted by Crippen LogP contribution is 2.29. The van der Waals surface area contributed by atoms with Crippen molar-refractivity contribution in [2.45, 2.75) is 34.2 Å². The monoisotopic (exact) mass is 242 g/mol. The van der Waals surface area contributed by atoms with Gasteiger partial charge in [-0.25, -0.2) is 0 Å². The highest BCUT2D eigenvalue weighted by Gasteiger charge is 2.10. The highest BCUT2D eigenvalue weighted by atomic mass is 14.8. The minimum Gasteiger partial charge on any atom is -0.358 e. The predicted octanol–water partition coefficient (Wildman–Crippen LogP) is 3.63. The van der Waals surface area contributed by atoms with Gasteiger partial charge >= 0.3 is 0 Å². The first-order valence-corrected chi connectivity index (χ1v) is 6.44. The summed E-state index contributed by atoms with van der Waals surface area (Å²) in [5.41, 5.74) is 9.16. The van der Waals surface area contributed by atoms with E-state index in [0.717, 1.165) is 6.54 Å². The second-order valence-corrected chi connectivity index (χ2v) is 5.14. The van der Waals surface area contributed by atoms with Gasteiger partial charge in [0.15, 0.2) is 0 Å². The van der Waals surface area contributed by atoms with Crippen molar-refractivity contribution < 1.29 is 0 Å². The van der Waals surface area contributed by atoms with Crippen LogP contribution in [-0.2, 0) is 6.54 Å². The van der Waals surface area contributed by atoms with E-state index in [4.69, 9.17) is 0 Å². The van der Waals surface area contributed by atoms with Crippen molar-refractivity contribution in [3.8, 4) is 11.3 Å². The standard InChI is InChI=1S/C16H22N2/c1-10-6-11(2)16(12(3)7-10)15-8-14(9-17-5)13(4)18-15/h6-8,17-18H,9H2,1-5H3. The Bertz CT molecular complexity index is 541. The number of rotatable bonds is 3. The van der Waals surface area contributed by atoms with E-state index in [2.05, 4.69) is 56.2 Å². The molecule has 1 aromatic heterocycles. The maximum absolute atomic E-state index is 3.51. The average molecular weight is 242 g/mol. The molecule has 0 saturated carbocycles. The smallest absolute Gasteiger partial charge is 0.0464 e. The van der Waals surface area contributed by atoms with Crippen molar-refractivity contribution in [1.82, 2.24) is 10.3 Å². The van der Waals surface area contributed by atoms with E-state index < -0.39 is 0 Å². The van der Waals surface area contributed by atoms with Crippen LogP contribution in [0.1, 0.15) is 27.9 Å². The van der Waals surface area contributed by atoms with Gasteiger partial charge in [-0.15, -0.1) is 0 Å². The summed E-state index contributed by atoms with van der Waals surface area (Å²) in [6, 6.07) is 6.75. The van der Waals surface area contributed by atoms with Crippen LogP contribution < -0.4 is 5.32 Å². The van der Waals surface area contributed by atoms with Crippen LogP contribution in [0.4, 0.5) is 0 Å². The predicted molar refractivity (Wildman–Crippen MR) is 77.9 cm³/mol. The molecule has 0 radical (unpaired) electrons. The second-order valence-electron chi connectivity index (χ2n) is 5.14. The molecule has 1 aromatic carbocycles. The zero-order valence-corrected chi connectivity index (χ0v) is 11.9. The molecule has 2 N–H and O–H groups in total. The lowest BCUT2D eigenvalue weighted by Crippen LogP contribution is -2.04. The van der Waals surface area contributed by atoms with Crippen LogP contribution in [0.25, 0.3) is 11.3 Å². The molecule has 0 bridgehead atoms. The van der Waals surface area contributed by atoms with Crippen molar-refractivity contribution in [2.75, 3.05) is 7.05 Å². The Kier molecular flexibility index (Phi) is 3.58. The van der Waals surface area contributed by atoms with E-state index in [1.807, 2.05) is 7.05 Å². The van der Waals surface area contributed by atoms with Crippen LogP contribution in [0.3, 0.4) is 0 Å². The molecule has 0 aliphatic rings. The molecule has 0 amide bonds. The molecule has 0 atom stereocenters. The molecule has 0 aliphatic heterocycles. The Labute approximate surface area is 109 Å². The Morgan fingerprint density at radius 1 is 1.00 bits per heavy atom. The average Bonchev–Trinajstić information content (AvgIpc) is 2.59. The SMILES string of the molecule is CNCc1cc(-c2c(C)cc(C)cc2C)[nH]c1C. The molecule has 96 valence electrons. The van der Waals surface area contributed by atoms with E-state index in [9.17, 15) is 0 Å². The first-order valence-electron chi connectivity index (χ1n) is 6.44. The lowest BCUT2D eigenvalue weighted by Gasteiger charge is -2.09. The van der Waals surface area contributed by atoms with Crippen molar-refractivity contribution >= 4 is 0 Å². The quantitative estimate of drug-likeness (QED) is 0.845. The molecule has 0 unspecified atom stereocenters. The largest absolute Gasteiger partial charge is 0.358 e. The van der Waals surface area contributed by atoms with Crippen LogP contribution in [-0.4, -0.2) is 12.0 Å². The van der Waals surface area contributed by atoms with Crippen molar-refractivity contribution in [3.05, 3.63) is 46.1 Å². The van der Waals surface area contributed by atoms with Crippen molar-refractivity contribution in [2.24, 2.45) is 0 Å². The fraction of sp³-hybridized carbons (Fsp3) is 0.375. The zero-order chi connectivity index (χ0) is 13.3. The Morgan fingerprint density at radius 3 is 2.17 bits per heavy atom. The van der Waals surface area contributed by atoms with Gasteiger partial charge in [-0.2, -0.15) is 0 Å². The maximum atomic E-state index is 3.51. The zero-order valence-electron chi connectivity index (χ0n) is 11.9. The molecule has 18 heavy (non-hydrogen) atoms. The Hall–Kier alpha value is -1.54. The van der Waals surface area contributed by atoms with Crippen molar-refractivity contribution in [3.63, 3.8) is 0 Å². The molecule has 2 heteroatoms. The summed E-state index contributed by atoms with van der Waals surface area (Å²) in [7, 11) is 1.98. The number of aromatic amines is 1. The number of hydrogen-bond donors (Lipinski definition) is 2. The summed E-state index contributed by atoms with van der Waals surface area (Å²) in [5, 5.41) is 3.21.